The minimum absolute atomic E-state index is 0.189. The van der Waals surface area contributed by atoms with E-state index < -0.39 is 12.0 Å². The zero-order valence-electron chi connectivity index (χ0n) is 8.32. The van der Waals surface area contributed by atoms with Gasteiger partial charge in [0.2, 0.25) is 0 Å². The van der Waals surface area contributed by atoms with Crippen molar-refractivity contribution >= 4 is 29.2 Å². The molecule has 6 heteroatoms. The van der Waals surface area contributed by atoms with Crippen LogP contribution in [0.15, 0.2) is 18.2 Å². The summed E-state index contributed by atoms with van der Waals surface area (Å²) in [6.45, 7) is 0.189. The number of hydrogen-bond acceptors (Lipinski definition) is 3. The highest BCUT2D eigenvalue weighted by molar-refractivity contribution is 6.35. The molecule has 0 amide bonds. The van der Waals surface area contributed by atoms with E-state index in [0.29, 0.717) is 15.8 Å². The van der Waals surface area contributed by atoms with Gasteiger partial charge in [0.1, 0.15) is 11.8 Å². The Kier molecular flexibility index (Phi) is 4.86. The van der Waals surface area contributed by atoms with E-state index in [1.807, 2.05) is 0 Å². The summed E-state index contributed by atoms with van der Waals surface area (Å²) in [5, 5.41) is 9.45. The van der Waals surface area contributed by atoms with E-state index >= 15 is 0 Å². The number of halogens is 2. The van der Waals surface area contributed by atoms with E-state index in [9.17, 15) is 4.79 Å². The van der Waals surface area contributed by atoms with Crippen molar-refractivity contribution in [3.05, 3.63) is 28.2 Å². The second kappa shape index (κ2) is 5.94. The van der Waals surface area contributed by atoms with Crippen molar-refractivity contribution < 1.29 is 14.6 Å². The first-order valence-corrected chi connectivity index (χ1v) is 5.32. The van der Waals surface area contributed by atoms with Crippen molar-refractivity contribution in [1.29, 1.82) is 0 Å². The number of carboxylic acids is 1. The van der Waals surface area contributed by atoms with Crippen LogP contribution < -0.4 is 10.5 Å². The number of nitrogens with two attached hydrogens (primary N) is 1. The fourth-order valence-electron chi connectivity index (χ4n) is 1.01. The summed E-state index contributed by atoms with van der Waals surface area (Å²) in [4.78, 5) is 10.4. The van der Waals surface area contributed by atoms with Gasteiger partial charge in [-0.1, -0.05) is 23.2 Å². The number of hydrogen-bond donors (Lipinski definition) is 2. The Balaban J connectivity index is 2.46. The molecule has 0 saturated carbocycles. The van der Waals surface area contributed by atoms with Gasteiger partial charge in [-0.05, 0) is 18.2 Å². The number of carboxylic acid groups (broad SMARTS) is 1. The normalized spacial score (nSPS) is 12.2. The molecule has 1 aromatic carbocycles. The number of rotatable bonds is 5. The van der Waals surface area contributed by atoms with Crippen molar-refractivity contribution in [2.75, 3.05) is 6.61 Å². The van der Waals surface area contributed by atoms with E-state index in [1.54, 1.807) is 18.2 Å². The van der Waals surface area contributed by atoms with Crippen molar-refractivity contribution in [3.8, 4) is 5.75 Å². The van der Waals surface area contributed by atoms with Crippen LogP contribution in [0.25, 0.3) is 0 Å². The highest BCUT2D eigenvalue weighted by atomic mass is 35.5. The fourth-order valence-corrected chi connectivity index (χ4v) is 1.47. The van der Waals surface area contributed by atoms with Gasteiger partial charge in [-0.3, -0.25) is 4.79 Å². The molecule has 0 aliphatic rings. The van der Waals surface area contributed by atoms with Gasteiger partial charge in [-0.2, -0.15) is 0 Å². The van der Waals surface area contributed by atoms with Crippen molar-refractivity contribution in [2.45, 2.75) is 12.5 Å². The lowest BCUT2D eigenvalue weighted by molar-refractivity contribution is -0.138. The largest absolute Gasteiger partial charge is 0.492 e. The third-order valence-corrected chi connectivity index (χ3v) is 2.43. The summed E-state index contributed by atoms with van der Waals surface area (Å²) in [6.07, 6.45) is 0.217. The predicted molar refractivity (Wildman–Crippen MR) is 62.2 cm³/mol. The van der Waals surface area contributed by atoms with Crippen LogP contribution in [0.1, 0.15) is 6.42 Å². The molecule has 16 heavy (non-hydrogen) atoms. The van der Waals surface area contributed by atoms with E-state index in [2.05, 4.69) is 0 Å². The van der Waals surface area contributed by atoms with Crippen LogP contribution in [0.3, 0.4) is 0 Å². The molecular formula is C10H11Cl2NO3. The van der Waals surface area contributed by atoms with Crippen LogP contribution in [0.2, 0.25) is 10.0 Å². The molecule has 0 spiro atoms. The second-order valence-electron chi connectivity index (χ2n) is 3.16. The molecule has 0 aromatic heterocycles. The SMILES string of the molecule is NC(CCOc1ccc(Cl)cc1Cl)C(=O)O. The third kappa shape index (κ3) is 3.89. The van der Waals surface area contributed by atoms with Gasteiger partial charge in [0, 0.05) is 11.4 Å². The minimum atomic E-state index is -1.05. The number of benzene rings is 1. The molecule has 1 atom stereocenters. The van der Waals surface area contributed by atoms with Gasteiger partial charge in [0.25, 0.3) is 0 Å². The maximum absolute atomic E-state index is 10.4. The van der Waals surface area contributed by atoms with Gasteiger partial charge < -0.3 is 15.6 Å². The number of aliphatic carboxylic acids is 1. The zero-order chi connectivity index (χ0) is 12.1. The molecule has 0 saturated heterocycles. The van der Waals surface area contributed by atoms with Crippen LogP contribution in [-0.2, 0) is 4.79 Å². The molecule has 1 rings (SSSR count). The average molecular weight is 264 g/mol. The first-order chi connectivity index (χ1) is 7.50. The average Bonchev–Trinajstić information content (AvgIpc) is 2.20. The summed E-state index contributed by atoms with van der Waals surface area (Å²) in [5.74, 6) is -0.588. The molecule has 1 aromatic rings. The summed E-state index contributed by atoms with van der Waals surface area (Å²) in [6, 6.07) is 3.89. The molecule has 3 N–H and O–H groups in total. The predicted octanol–water partition coefficient (Wildman–Crippen LogP) is 2.17. The summed E-state index contributed by atoms with van der Waals surface area (Å²) in [5.41, 5.74) is 5.31. The third-order valence-electron chi connectivity index (χ3n) is 1.90. The van der Waals surface area contributed by atoms with E-state index in [0.717, 1.165) is 0 Å². The van der Waals surface area contributed by atoms with E-state index in [1.165, 1.54) is 0 Å². The zero-order valence-corrected chi connectivity index (χ0v) is 9.83. The smallest absolute Gasteiger partial charge is 0.320 e. The highest BCUT2D eigenvalue weighted by Crippen LogP contribution is 2.27. The maximum atomic E-state index is 10.4. The first-order valence-electron chi connectivity index (χ1n) is 4.57. The Morgan fingerprint density at radius 3 is 2.75 bits per heavy atom. The highest BCUT2D eigenvalue weighted by Gasteiger charge is 2.11. The number of carbonyl (C=O) groups is 1. The molecule has 4 nitrogen and oxygen atoms in total. The van der Waals surface area contributed by atoms with Crippen LogP contribution in [-0.4, -0.2) is 23.7 Å². The van der Waals surface area contributed by atoms with Crippen LogP contribution in [0.5, 0.6) is 5.75 Å². The van der Waals surface area contributed by atoms with E-state index in [-0.39, 0.29) is 13.0 Å². The maximum Gasteiger partial charge on any atom is 0.320 e. The van der Waals surface area contributed by atoms with Gasteiger partial charge in [0.15, 0.2) is 0 Å². The van der Waals surface area contributed by atoms with Gasteiger partial charge >= 0.3 is 5.97 Å². The standard InChI is InChI=1S/C10H11Cl2NO3/c11-6-1-2-9(7(12)5-6)16-4-3-8(13)10(14)15/h1-2,5,8H,3-4,13H2,(H,14,15). The molecule has 0 bridgehead atoms. The number of ether oxygens (including phenoxy) is 1. The Labute approximate surface area is 103 Å². The Morgan fingerprint density at radius 2 is 2.19 bits per heavy atom. The lowest BCUT2D eigenvalue weighted by atomic mass is 10.2. The second-order valence-corrected chi connectivity index (χ2v) is 4.00. The molecule has 88 valence electrons. The molecule has 1 unspecified atom stereocenters. The topological polar surface area (TPSA) is 72.5 Å². The van der Waals surface area contributed by atoms with Gasteiger partial charge in [-0.25, -0.2) is 0 Å². The first kappa shape index (κ1) is 13.1. The minimum Gasteiger partial charge on any atom is -0.492 e. The molecule has 0 radical (unpaired) electrons. The Morgan fingerprint density at radius 1 is 1.50 bits per heavy atom. The van der Waals surface area contributed by atoms with Crippen LogP contribution in [0.4, 0.5) is 0 Å². The molecular weight excluding hydrogens is 253 g/mol. The summed E-state index contributed by atoms with van der Waals surface area (Å²) in [7, 11) is 0. The van der Waals surface area contributed by atoms with E-state index in [4.69, 9.17) is 38.8 Å². The molecule has 0 aliphatic heterocycles. The van der Waals surface area contributed by atoms with Crippen LogP contribution in [0, 0.1) is 0 Å². The van der Waals surface area contributed by atoms with Gasteiger partial charge in [-0.15, -0.1) is 0 Å². The Hall–Kier alpha value is -0.970. The quantitative estimate of drug-likeness (QED) is 0.854. The fraction of sp³-hybridized carbons (Fsp3) is 0.300. The monoisotopic (exact) mass is 263 g/mol. The molecule has 0 fully saturated rings. The summed E-state index contributed by atoms with van der Waals surface area (Å²) < 4.78 is 5.28. The molecule has 0 heterocycles. The van der Waals surface area contributed by atoms with Crippen molar-refractivity contribution in [3.63, 3.8) is 0 Å². The van der Waals surface area contributed by atoms with Crippen molar-refractivity contribution in [1.82, 2.24) is 0 Å². The molecule has 0 aliphatic carbocycles. The van der Waals surface area contributed by atoms with Crippen LogP contribution >= 0.6 is 23.2 Å². The lowest BCUT2D eigenvalue weighted by Crippen LogP contribution is -2.31. The van der Waals surface area contributed by atoms with Gasteiger partial charge in [0.05, 0.1) is 11.6 Å². The summed E-state index contributed by atoms with van der Waals surface area (Å²) >= 11 is 11.6. The Bertz CT molecular complexity index is 384. The lowest BCUT2D eigenvalue weighted by Gasteiger charge is -2.09. The van der Waals surface area contributed by atoms with Crippen molar-refractivity contribution in [2.24, 2.45) is 5.73 Å².